The van der Waals surface area contributed by atoms with Crippen molar-refractivity contribution in [1.29, 1.82) is 0 Å². The van der Waals surface area contributed by atoms with Gasteiger partial charge in [-0.25, -0.2) is 0 Å². The van der Waals surface area contributed by atoms with Crippen molar-refractivity contribution >= 4 is 11.9 Å². The van der Waals surface area contributed by atoms with Crippen LogP contribution in [0.3, 0.4) is 0 Å². The van der Waals surface area contributed by atoms with Crippen LogP contribution < -0.4 is 4.74 Å². The second-order valence-corrected chi connectivity index (χ2v) is 3.55. The molecule has 1 aliphatic heterocycles. The van der Waals surface area contributed by atoms with Gasteiger partial charge in [0.15, 0.2) is 0 Å². The maximum Gasteiger partial charge on any atom is 0.320 e. The average molecular weight is 246 g/mol. The lowest BCUT2D eigenvalue weighted by Gasteiger charge is -2.22. The quantitative estimate of drug-likeness (QED) is 0.455. The Morgan fingerprint density at radius 1 is 1.22 bits per heavy atom. The summed E-state index contributed by atoms with van der Waals surface area (Å²) in [4.78, 5) is 22.2. The van der Waals surface area contributed by atoms with Gasteiger partial charge < -0.3 is 14.2 Å². The third-order valence-corrected chi connectivity index (χ3v) is 2.24. The Labute approximate surface area is 104 Å². The third-order valence-electron chi connectivity index (χ3n) is 2.24. The molecule has 1 aliphatic rings. The SMILES string of the molecule is C#CCOc1ccc(C2OC(=O)CC(=O)O2)cc1. The van der Waals surface area contributed by atoms with Crippen LogP contribution in [0.5, 0.6) is 5.75 Å². The molecule has 0 atom stereocenters. The van der Waals surface area contributed by atoms with Gasteiger partial charge in [0.2, 0.25) is 0 Å². The van der Waals surface area contributed by atoms with Crippen molar-refractivity contribution in [2.45, 2.75) is 12.7 Å². The summed E-state index contributed by atoms with van der Waals surface area (Å²) in [7, 11) is 0. The smallest absolute Gasteiger partial charge is 0.320 e. The predicted octanol–water partition coefficient (Wildman–Crippen LogP) is 1.19. The first-order valence-electron chi connectivity index (χ1n) is 5.24. The minimum atomic E-state index is -0.986. The number of hydrogen-bond acceptors (Lipinski definition) is 5. The topological polar surface area (TPSA) is 61.8 Å². The number of terminal acetylenes is 1. The van der Waals surface area contributed by atoms with E-state index in [9.17, 15) is 9.59 Å². The van der Waals surface area contributed by atoms with E-state index in [-0.39, 0.29) is 13.0 Å². The summed E-state index contributed by atoms with van der Waals surface area (Å²) in [5, 5.41) is 0. The van der Waals surface area contributed by atoms with E-state index >= 15 is 0 Å². The third kappa shape index (κ3) is 2.80. The molecule has 5 heteroatoms. The fourth-order valence-corrected chi connectivity index (χ4v) is 1.45. The summed E-state index contributed by atoms with van der Waals surface area (Å²) in [5.74, 6) is 1.75. The maximum absolute atomic E-state index is 11.1. The van der Waals surface area contributed by atoms with E-state index in [4.69, 9.17) is 20.6 Å². The lowest BCUT2D eigenvalue weighted by Crippen LogP contribution is -2.26. The van der Waals surface area contributed by atoms with Crippen molar-refractivity contribution in [3.05, 3.63) is 29.8 Å². The van der Waals surface area contributed by atoms with Crippen molar-refractivity contribution in [2.24, 2.45) is 0 Å². The molecule has 0 aromatic heterocycles. The predicted molar refractivity (Wildman–Crippen MR) is 60.3 cm³/mol. The summed E-state index contributed by atoms with van der Waals surface area (Å²) in [6.07, 6.45) is 3.73. The molecule has 0 aliphatic carbocycles. The van der Waals surface area contributed by atoms with Gasteiger partial charge in [-0.05, 0) is 24.3 Å². The van der Waals surface area contributed by atoms with Gasteiger partial charge in [0.25, 0.3) is 6.29 Å². The molecule has 0 unspecified atom stereocenters. The second kappa shape index (κ2) is 5.23. The second-order valence-electron chi connectivity index (χ2n) is 3.55. The van der Waals surface area contributed by atoms with Gasteiger partial charge in [0, 0.05) is 5.56 Å². The molecule has 0 radical (unpaired) electrons. The van der Waals surface area contributed by atoms with Gasteiger partial charge in [0.1, 0.15) is 18.8 Å². The molecule has 1 aromatic carbocycles. The van der Waals surface area contributed by atoms with Crippen molar-refractivity contribution < 1.29 is 23.8 Å². The standard InChI is InChI=1S/C13H10O5/c1-2-7-16-10-5-3-9(4-6-10)13-17-11(14)8-12(15)18-13/h1,3-6,13H,7-8H2. The lowest BCUT2D eigenvalue weighted by molar-refractivity contribution is -0.204. The number of benzene rings is 1. The van der Waals surface area contributed by atoms with Crippen LogP contribution in [0.2, 0.25) is 0 Å². The highest BCUT2D eigenvalue weighted by molar-refractivity contribution is 5.92. The van der Waals surface area contributed by atoms with Crippen LogP contribution in [0.1, 0.15) is 18.3 Å². The Morgan fingerprint density at radius 2 is 1.83 bits per heavy atom. The fraction of sp³-hybridized carbons (Fsp3) is 0.231. The number of ether oxygens (including phenoxy) is 3. The highest BCUT2D eigenvalue weighted by Crippen LogP contribution is 2.25. The maximum atomic E-state index is 11.1. The van der Waals surface area contributed by atoms with E-state index in [1.807, 2.05) is 0 Å². The van der Waals surface area contributed by atoms with Crippen molar-refractivity contribution in [3.8, 4) is 18.1 Å². The van der Waals surface area contributed by atoms with Gasteiger partial charge in [-0.2, -0.15) is 0 Å². The van der Waals surface area contributed by atoms with Crippen LogP contribution in [-0.4, -0.2) is 18.5 Å². The van der Waals surface area contributed by atoms with Crippen molar-refractivity contribution in [3.63, 3.8) is 0 Å². The molecule has 0 spiro atoms. The number of hydrogen-bond donors (Lipinski definition) is 0. The molecule has 18 heavy (non-hydrogen) atoms. The highest BCUT2D eigenvalue weighted by atomic mass is 16.7. The zero-order valence-electron chi connectivity index (χ0n) is 9.42. The lowest BCUT2D eigenvalue weighted by atomic mass is 10.2. The zero-order chi connectivity index (χ0) is 13.0. The van der Waals surface area contributed by atoms with Gasteiger partial charge in [0.05, 0.1) is 0 Å². The Balaban J connectivity index is 2.07. The van der Waals surface area contributed by atoms with Crippen LogP contribution in [0.15, 0.2) is 24.3 Å². The summed E-state index contributed by atoms with van der Waals surface area (Å²) in [5.41, 5.74) is 0.560. The summed E-state index contributed by atoms with van der Waals surface area (Å²) in [6.45, 7) is 0.173. The summed E-state index contributed by atoms with van der Waals surface area (Å²) >= 11 is 0. The average Bonchev–Trinajstić information content (AvgIpc) is 2.36. The molecule has 1 fully saturated rings. The molecule has 1 heterocycles. The van der Waals surface area contributed by atoms with Crippen molar-refractivity contribution in [1.82, 2.24) is 0 Å². The van der Waals surface area contributed by atoms with Crippen molar-refractivity contribution in [2.75, 3.05) is 6.61 Å². The number of rotatable bonds is 3. The first-order valence-corrected chi connectivity index (χ1v) is 5.24. The van der Waals surface area contributed by atoms with Crippen LogP contribution in [0, 0.1) is 12.3 Å². The van der Waals surface area contributed by atoms with E-state index in [2.05, 4.69) is 5.92 Å². The Bertz CT molecular complexity index is 481. The molecular formula is C13H10O5. The van der Waals surface area contributed by atoms with Gasteiger partial charge in [-0.15, -0.1) is 6.42 Å². The largest absolute Gasteiger partial charge is 0.481 e. The van der Waals surface area contributed by atoms with Crippen LogP contribution >= 0.6 is 0 Å². The minimum Gasteiger partial charge on any atom is -0.481 e. The Kier molecular flexibility index (Phi) is 3.49. The first kappa shape index (κ1) is 12.0. The van der Waals surface area contributed by atoms with E-state index < -0.39 is 18.2 Å². The van der Waals surface area contributed by atoms with Crippen LogP contribution in [0.4, 0.5) is 0 Å². The molecule has 0 amide bonds. The number of carbonyl (C=O) groups is 2. The molecule has 1 aromatic rings. The molecule has 0 N–H and O–H groups in total. The molecule has 2 rings (SSSR count). The first-order chi connectivity index (χ1) is 8.69. The van der Waals surface area contributed by atoms with Crippen LogP contribution in [0.25, 0.3) is 0 Å². The fourth-order valence-electron chi connectivity index (χ4n) is 1.45. The highest BCUT2D eigenvalue weighted by Gasteiger charge is 2.28. The Hall–Kier alpha value is -2.48. The minimum absolute atomic E-state index is 0.173. The van der Waals surface area contributed by atoms with E-state index in [1.165, 1.54) is 0 Å². The zero-order valence-corrected chi connectivity index (χ0v) is 9.42. The number of cyclic esters (lactones) is 2. The van der Waals surface area contributed by atoms with E-state index in [0.717, 1.165) is 0 Å². The molecule has 0 bridgehead atoms. The molecule has 1 saturated heterocycles. The van der Waals surface area contributed by atoms with E-state index in [1.54, 1.807) is 24.3 Å². The van der Waals surface area contributed by atoms with Crippen LogP contribution in [-0.2, 0) is 19.1 Å². The molecule has 0 saturated carbocycles. The molecular weight excluding hydrogens is 236 g/mol. The van der Waals surface area contributed by atoms with E-state index in [0.29, 0.717) is 11.3 Å². The summed E-state index contributed by atoms with van der Waals surface area (Å²) < 4.78 is 15.0. The summed E-state index contributed by atoms with van der Waals surface area (Å²) in [6, 6.07) is 6.59. The van der Waals surface area contributed by atoms with Gasteiger partial charge >= 0.3 is 11.9 Å². The number of esters is 2. The van der Waals surface area contributed by atoms with Gasteiger partial charge in [-0.1, -0.05) is 5.92 Å². The molecule has 92 valence electrons. The molecule has 5 nitrogen and oxygen atoms in total. The number of carbonyl (C=O) groups excluding carboxylic acids is 2. The Morgan fingerprint density at radius 3 is 2.39 bits per heavy atom. The normalized spacial score (nSPS) is 15.5. The van der Waals surface area contributed by atoms with Gasteiger partial charge in [-0.3, -0.25) is 9.59 Å². The monoisotopic (exact) mass is 246 g/mol.